The zero-order valence-electron chi connectivity index (χ0n) is 11.2. The molecule has 0 aliphatic carbocycles. The summed E-state index contributed by atoms with van der Waals surface area (Å²) in [5.41, 5.74) is 6.39. The van der Waals surface area contributed by atoms with Crippen LogP contribution in [0.2, 0.25) is 0 Å². The second-order valence-corrected chi connectivity index (χ2v) is 4.76. The third-order valence-corrected chi connectivity index (χ3v) is 3.43. The van der Waals surface area contributed by atoms with Gasteiger partial charge in [-0.05, 0) is 18.2 Å². The number of aromatic amines is 1. The van der Waals surface area contributed by atoms with Gasteiger partial charge in [0.15, 0.2) is 17.1 Å². The van der Waals surface area contributed by atoms with Crippen LogP contribution in [0.25, 0.3) is 16.9 Å². The van der Waals surface area contributed by atoms with Crippen molar-refractivity contribution >= 4 is 11.6 Å². The highest BCUT2D eigenvalue weighted by molar-refractivity contribution is 5.98. The molecule has 1 aromatic carbocycles. The van der Waals surface area contributed by atoms with Crippen molar-refractivity contribution in [3.05, 3.63) is 46.4 Å². The van der Waals surface area contributed by atoms with Crippen molar-refractivity contribution in [2.24, 2.45) is 5.73 Å². The Morgan fingerprint density at radius 3 is 2.91 bits per heavy atom. The molecule has 22 heavy (non-hydrogen) atoms. The van der Waals surface area contributed by atoms with E-state index in [1.165, 1.54) is 12.3 Å². The molecule has 0 saturated carbocycles. The SMILES string of the molecule is NC(=O)c1c[nH]n2c(=O)cc(-c3ccc4c(c3)OCO4)nc12. The van der Waals surface area contributed by atoms with Crippen molar-refractivity contribution in [1.82, 2.24) is 14.6 Å². The van der Waals surface area contributed by atoms with Gasteiger partial charge in [0, 0.05) is 17.8 Å². The van der Waals surface area contributed by atoms with Crippen LogP contribution in [0.5, 0.6) is 11.5 Å². The average Bonchev–Trinajstić information content (AvgIpc) is 3.12. The Bertz CT molecular complexity index is 973. The highest BCUT2D eigenvalue weighted by Crippen LogP contribution is 2.35. The Hall–Kier alpha value is -3.29. The Labute approximate surface area is 123 Å². The van der Waals surface area contributed by atoms with Gasteiger partial charge in [-0.2, -0.15) is 0 Å². The maximum absolute atomic E-state index is 12.1. The highest BCUT2D eigenvalue weighted by Gasteiger charge is 2.17. The minimum Gasteiger partial charge on any atom is -0.454 e. The lowest BCUT2D eigenvalue weighted by Gasteiger charge is -2.03. The van der Waals surface area contributed by atoms with Crippen LogP contribution >= 0.6 is 0 Å². The largest absolute Gasteiger partial charge is 0.454 e. The minimum absolute atomic E-state index is 0.152. The van der Waals surface area contributed by atoms with E-state index in [1.54, 1.807) is 18.2 Å². The monoisotopic (exact) mass is 298 g/mol. The maximum atomic E-state index is 12.1. The molecule has 3 aromatic rings. The fraction of sp³-hybridized carbons (Fsp3) is 0.0714. The molecule has 110 valence electrons. The topological polar surface area (TPSA) is 112 Å². The summed E-state index contributed by atoms with van der Waals surface area (Å²) in [5, 5.41) is 2.65. The van der Waals surface area contributed by atoms with Crippen molar-refractivity contribution in [2.45, 2.75) is 0 Å². The maximum Gasteiger partial charge on any atom is 0.273 e. The number of nitrogens with one attached hydrogen (secondary N) is 1. The van der Waals surface area contributed by atoms with E-state index in [2.05, 4.69) is 10.1 Å². The van der Waals surface area contributed by atoms with Gasteiger partial charge in [-0.15, -0.1) is 0 Å². The van der Waals surface area contributed by atoms with E-state index >= 15 is 0 Å². The van der Waals surface area contributed by atoms with Crippen LogP contribution < -0.4 is 20.8 Å². The lowest BCUT2D eigenvalue weighted by molar-refractivity contribution is 0.100. The first-order chi connectivity index (χ1) is 10.6. The molecule has 4 rings (SSSR count). The van der Waals surface area contributed by atoms with Gasteiger partial charge in [0.05, 0.1) is 5.69 Å². The number of hydrogen-bond acceptors (Lipinski definition) is 5. The summed E-state index contributed by atoms with van der Waals surface area (Å²) in [5.74, 6) is 0.568. The number of aromatic nitrogens is 3. The van der Waals surface area contributed by atoms with Gasteiger partial charge in [0.2, 0.25) is 6.79 Å². The molecular weight excluding hydrogens is 288 g/mol. The predicted molar refractivity (Wildman–Crippen MR) is 75.9 cm³/mol. The molecular formula is C14H10N4O4. The molecule has 8 heteroatoms. The fourth-order valence-corrected chi connectivity index (χ4v) is 2.37. The number of ether oxygens (including phenoxy) is 2. The first kappa shape index (κ1) is 12.5. The Morgan fingerprint density at radius 2 is 2.09 bits per heavy atom. The van der Waals surface area contributed by atoms with Gasteiger partial charge in [-0.3, -0.25) is 14.7 Å². The zero-order chi connectivity index (χ0) is 15.3. The van der Waals surface area contributed by atoms with Crippen molar-refractivity contribution in [1.29, 1.82) is 0 Å². The first-order valence-electron chi connectivity index (χ1n) is 6.44. The minimum atomic E-state index is -0.659. The summed E-state index contributed by atoms with van der Waals surface area (Å²) >= 11 is 0. The molecule has 3 N–H and O–H groups in total. The fourth-order valence-electron chi connectivity index (χ4n) is 2.37. The number of H-pyrrole nitrogens is 1. The zero-order valence-corrected chi connectivity index (χ0v) is 11.2. The quantitative estimate of drug-likeness (QED) is 0.716. The van der Waals surface area contributed by atoms with E-state index in [1.807, 2.05) is 0 Å². The summed E-state index contributed by atoms with van der Waals surface area (Å²) in [4.78, 5) is 27.9. The van der Waals surface area contributed by atoms with Crippen molar-refractivity contribution in [3.63, 3.8) is 0 Å². The van der Waals surface area contributed by atoms with E-state index in [-0.39, 0.29) is 23.6 Å². The number of carbonyl (C=O) groups is 1. The molecule has 8 nitrogen and oxygen atoms in total. The van der Waals surface area contributed by atoms with Crippen LogP contribution in [0.1, 0.15) is 10.4 Å². The normalized spacial score (nSPS) is 12.7. The summed E-state index contributed by atoms with van der Waals surface area (Å²) in [6, 6.07) is 6.61. The Morgan fingerprint density at radius 1 is 1.27 bits per heavy atom. The Kier molecular flexibility index (Phi) is 2.46. The molecule has 3 heterocycles. The molecule has 2 aromatic heterocycles. The molecule has 0 fully saturated rings. The third-order valence-electron chi connectivity index (χ3n) is 3.43. The number of nitrogens with zero attached hydrogens (tertiary/aromatic N) is 2. The van der Waals surface area contributed by atoms with E-state index in [0.29, 0.717) is 22.8 Å². The standard InChI is InChI=1S/C14H10N4O4/c15-13(20)8-5-16-18-12(19)4-9(17-14(8)18)7-1-2-10-11(3-7)22-6-21-10/h1-5,16H,6H2,(H2,15,20). The van der Waals surface area contributed by atoms with Crippen LogP contribution in [0, 0.1) is 0 Å². The first-order valence-corrected chi connectivity index (χ1v) is 6.44. The van der Waals surface area contributed by atoms with Crippen LogP contribution in [0.4, 0.5) is 0 Å². The number of primary amides is 1. The van der Waals surface area contributed by atoms with Gasteiger partial charge >= 0.3 is 0 Å². The summed E-state index contributed by atoms with van der Waals surface area (Å²) < 4.78 is 11.7. The molecule has 0 unspecified atom stereocenters. The molecule has 0 atom stereocenters. The van der Waals surface area contributed by atoms with Gasteiger partial charge in [-0.1, -0.05) is 0 Å². The van der Waals surface area contributed by atoms with Gasteiger partial charge in [0.25, 0.3) is 11.5 Å². The summed E-state index contributed by atoms with van der Waals surface area (Å²) in [7, 11) is 0. The summed E-state index contributed by atoms with van der Waals surface area (Å²) in [6.45, 7) is 0.164. The second kappa shape index (κ2) is 4.35. The van der Waals surface area contributed by atoms with E-state index < -0.39 is 5.91 Å². The molecule has 1 aliphatic heterocycles. The predicted octanol–water partition coefficient (Wildman–Crippen LogP) is 0.517. The number of amides is 1. The van der Waals surface area contributed by atoms with E-state index in [0.717, 1.165) is 4.52 Å². The average molecular weight is 298 g/mol. The number of benzene rings is 1. The smallest absolute Gasteiger partial charge is 0.273 e. The number of fused-ring (bicyclic) bond motifs is 2. The van der Waals surface area contributed by atoms with Crippen LogP contribution in [-0.2, 0) is 0 Å². The molecule has 1 aliphatic rings. The summed E-state index contributed by atoms with van der Waals surface area (Å²) in [6.07, 6.45) is 1.36. The number of rotatable bonds is 2. The van der Waals surface area contributed by atoms with Crippen molar-refractivity contribution < 1.29 is 14.3 Å². The Balaban J connectivity index is 1.93. The van der Waals surface area contributed by atoms with Crippen molar-refractivity contribution in [3.8, 4) is 22.8 Å². The van der Waals surface area contributed by atoms with Crippen LogP contribution in [-0.4, -0.2) is 27.3 Å². The number of hydrogen-bond donors (Lipinski definition) is 2. The van der Waals surface area contributed by atoms with E-state index in [9.17, 15) is 9.59 Å². The van der Waals surface area contributed by atoms with Gasteiger partial charge < -0.3 is 15.2 Å². The molecule has 0 spiro atoms. The second-order valence-electron chi connectivity index (χ2n) is 4.76. The molecule has 0 radical (unpaired) electrons. The lowest BCUT2D eigenvalue weighted by atomic mass is 10.1. The van der Waals surface area contributed by atoms with Crippen LogP contribution in [0.15, 0.2) is 35.3 Å². The molecule has 0 saturated heterocycles. The van der Waals surface area contributed by atoms with Gasteiger partial charge in [0.1, 0.15) is 5.56 Å². The number of nitrogens with two attached hydrogens (primary N) is 1. The van der Waals surface area contributed by atoms with Gasteiger partial charge in [-0.25, -0.2) is 9.50 Å². The van der Waals surface area contributed by atoms with Crippen molar-refractivity contribution in [2.75, 3.05) is 6.79 Å². The lowest BCUT2D eigenvalue weighted by Crippen LogP contribution is -2.16. The third kappa shape index (κ3) is 1.74. The van der Waals surface area contributed by atoms with E-state index in [4.69, 9.17) is 15.2 Å². The van der Waals surface area contributed by atoms with Crippen LogP contribution in [0.3, 0.4) is 0 Å². The molecule has 0 bridgehead atoms. The highest BCUT2D eigenvalue weighted by atomic mass is 16.7. The molecule has 1 amide bonds. The number of carbonyl (C=O) groups excluding carboxylic acids is 1.